The highest BCUT2D eigenvalue weighted by Gasteiger charge is 2.28. The lowest BCUT2D eigenvalue weighted by Crippen LogP contribution is -2.30. The van der Waals surface area contributed by atoms with Crippen molar-refractivity contribution in [2.24, 2.45) is 0 Å². The Labute approximate surface area is 441 Å². The third-order valence-corrected chi connectivity index (χ3v) is 13.7. The van der Waals surface area contributed by atoms with Gasteiger partial charge in [-0.05, 0) is 77.0 Å². The standard InChI is InChI=1S/C60H109O11P/c1-4-7-10-13-16-19-22-25-27-28-30-32-34-37-40-43-46-49-58(62)67-53-57(71-60(64)51-48-45-42-39-36-33-29-26-23-20-17-14-11-8-5-2)55-69-72(65,66)68-54-56(52-61)70-59(63)50-47-44-41-38-35-31-24-21-18-15-12-9-6-3/h9,12,18,21,26,29,31,35,56-57,61H,4-8,10-11,13-17,19-20,22-25,27-28,30,32-34,36-55H2,1-3H3,(H,65,66)/b12-9-,21-18-,29-26-,35-31-. The van der Waals surface area contributed by atoms with Gasteiger partial charge < -0.3 is 24.2 Å². The van der Waals surface area contributed by atoms with E-state index in [0.29, 0.717) is 19.3 Å². The molecule has 2 N–H and O–H groups in total. The molecule has 11 nitrogen and oxygen atoms in total. The number of allylic oxidation sites excluding steroid dienone is 8. The van der Waals surface area contributed by atoms with Crippen LogP contribution in [0.3, 0.4) is 0 Å². The minimum atomic E-state index is -4.75. The van der Waals surface area contributed by atoms with Crippen LogP contribution in [0, 0.1) is 0 Å². The van der Waals surface area contributed by atoms with Crippen molar-refractivity contribution in [3.63, 3.8) is 0 Å². The molecular formula is C60H109O11P. The van der Waals surface area contributed by atoms with Crippen LogP contribution in [0.15, 0.2) is 48.6 Å². The number of aliphatic hydroxyl groups excluding tert-OH is 1. The Balaban J connectivity index is 4.72. The van der Waals surface area contributed by atoms with Crippen LogP contribution in [-0.4, -0.2) is 66.5 Å². The monoisotopic (exact) mass is 1040 g/mol. The highest BCUT2D eigenvalue weighted by atomic mass is 31.2. The summed E-state index contributed by atoms with van der Waals surface area (Å²) in [5, 5.41) is 9.80. The van der Waals surface area contributed by atoms with Gasteiger partial charge in [0.1, 0.15) is 12.7 Å². The van der Waals surface area contributed by atoms with Crippen LogP contribution in [0.5, 0.6) is 0 Å². The zero-order valence-corrected chi connectivity index (χ0v) is 47.3. The maximum absolute atomic E-state index is 12.9. The summed E-state index contributed by atoms with van der Waals surface area (Å²) in [7, 11) is -4.75. The summed E-state index contributed by atoms with van der Waals surface area (Å²) in [5.74, 6) is -1.49. The van der Waals surface area contributed by atoms with Crippen LogP contribution in [0.1, 0.15) is 278 Å². The highest BCUT2D eigenvalue weighted by Crippen LogP contribution is 2.43. The van der Waals surface area contributed by atoms with Crippen LogP contribution in [0.25, 0.3) is 0 Å². The fourth-order valence-electron chi connectivity index (χ4n) is 8.25. The van der Waals surface area contributed by atoms with E-state index in [1.54, 1.807) is 0 Å². The number of hydrogen-bond donors (Lipinski definition) is 2. The van der Waals surface area contributed by atoms with E-state index in [-0.39, 0.29) is 25.9 Å². The summed E-state index contributed by atoms with van der Waals surface area (Å²) >= 11 is 0. The van der Waals surface area contributed by atoms with Crippen LogP contribution in [0.2, 0.25) is 0 Å². The molecule has 0 aromatic heterocycles. The van der Waals surface area contributed by atoms with E-state index in [1.807, 2.05) is 0 Å². The summed E-state index contributed by atoms with van der Waals surface area (Å²) in [6.45, 7) is 4.52. The van der Waals surface area contributed by atoms with Crippen LogP contribution >= 0.6 is 7.82 Å². The minimum Gasteiger partial charge on any atom is -0.462 e. The normalized spacial score (nSPS) is 13.7. The molecule has 0 amide bonds. The van der Waals surface area contributed by atoms with Crippen molar-refractivity contribution in [1.29, 1.82) is 0 Å². The van der Waals surface area contributed by atoms with Gasteiger partial charge >= 0.3 is 25.7 Å². The second kappa shape index (κ2) is 54.7. The van der Waals surface area contributed by atoms with E-state index < -0.39 is 57.8 Å². The van der Waals surface area contributed by atoms with Gasteiger partial charge in [0.2, 0.25) is 0 Å². The fourth-order valence-corrected chi connectivity index (χ4v) is 9.03. The van der Waals surface area contributed by atoms with Crippen molar-refractivity contribution in [3.05, 3.63) is 48.6 Å². The molecule has 0 spiro atoms. The van der Waals surface area contributed by atoms with Gasteiger partial charge in [0, 0.05) is 19.3 Å². The molecule has 0 aromatic rings. The molecule has 0 aliphatic carbocycles. The van der Waals surface area contributed by atoms with Crippen LogP contribution in [-0.2, 0) is 42.2 Å². The van der Waals surface area contributed by atoms with E-state index >= 15 is 0 Å². The number of carbonyl (C=O) groups excluding carboxylic acids is 3. The smallest absolute Gasteiger partial charge is 0.462 e. The number of aliphatic hydroxyl groups is 1. The molecule has 72 heavy (non-hydrogen) atoms. The Hall–Kier alpha value is -2.56. The fraction of sp³-hybridized carbons (Fsp3) is 0.817. The molecule has 0 saturated heterocycles. The molecular weight excluding hydrogens is 928 g/mol. The number of rotatable bonds is 55. The molecule has 420 valence electrons. The highest BCUT2D eigenvalue weighted by molar-refractivity contribution is 7.47. The number of phosphoric ester groups is 1. The topological polar surface area (TPSA) is 155 Å². The predicted molar refractivity (Wildman–Crippen MR) is 298 cm³/mol. The molecule has 3 atom stereocenters. The Morgan fingerprint density at radius 3 is 1.14 bits per heavy atom. The molecule has 0 heterocycles. The largest absolute Gasteiger partial charge is 0.472 e. The molecule has 0 rings (SSSR count). The van der Waals surface area contributed by atoms with E-state index in [4.69, 9.17) is 23.3 Å². The number of unbranched alkanes of at least 4 members (excludes halogenated alkanes) is 30. The van der Waals surface area contributed by atoms with Crippen molar-refractivity contribution < 1.29 is 52.2 Å². The van der Waals surface area contributed by atoms with Crippen molar-refractivity contribution >= 4 is 25.7 Å². The summed E-state index contributed by atoms with van der Waals surface area (Å²) < 4.78 is 39.5. The first-order valence-corrected chi connectivity index (χ1v) is 31.0. The quantitative estimate of drug-likeness (QED) is 0.0197. The summed E-state index contributed by atoms with van der Waals surface area (Å²) in [6, 6.07) is 0. The van der Waals surface area contributed by atoms with Crippen LogP contribution in [0.4, 0.5) is 0 Å². The number of hydrogen-bond acceptors (Lipinski definition) is 10. The number of phosphoric acid groups is 1. The molecule has 0 aliphatic rings. The maximum Gasteiger partial charge on any atom is 0.472 e. The second-order valence-electron chi connectivity index (χ2n) is 19.8. The molecule has 12 heteroatoms. The third kappa shape index (κ3) is 52.3. The minimum absolute atomic E-state index is 0.143. The van der Waals surface area contributed by atoms with E-state index in [1.165, 1.54) is 122 Å². The summed E-state index contributed by atoms with van der Waals surface area (Å²) in [4.78, 5) is 48.5. The molecule has 0 bridgehead atoms. The van der Waals surface area contributed by atoms with Gasteiger partial charge in [-0.3, -0.25) is 23.4 Å². The van der Waals surface area contributed by atoms with Crippen molar-refractivity contribution in [2.75, 3.05) is 26.4 Å². The molecule has 0 aliphatic heterocycles. The molecule has 0 fully saturated rings. The van der Waals surface area contributed by atoms with Crippen molar-refractivity contribution in [2.45, 2.75) is 290 Å². The van der Waals surface area contributed by atoms with Gasteiger partial charge in [0.05, 0.1) is 19.8 Å². The Morgan fingerprint density at radius 1 is 0.403 bits per heavy atom. The van der Waals surface area contributed by atoms with Gasteiger partial charge in [-0.15, -0.1) is 0 Å². The van der Waals surface area contributed by atoms with E-state index in [0.717, 1.165) is 96.3 Å². The van der Waals surface area contributed by atoms with Gasteiger partial charge in [-0.25, -0.2) is 4.57 Å². The summed E-state index contributed by atoms with van der Waals surface area (Å²) in [6.07, 6.45) is 57.9. The van der Waals surface area contributed by atoms with Gasteiger partial charge in [-0.1, -0.05) is 230 Å². The first-order chi connectivity index (χ1) is 35.2. The Morgan fingerprint density at radius 2 is 0.722 bits per heavy atom. The lowest BCUT2D eigenvalue weighted by Gasteiger charge is -2.21. The number of esters is 3. The average molecular weight is 1040 g/mol. The van der Waals surface area contributed by atoms with Crippen molar-refractivity contribution in [1.82, 2.24) is 0 Å². The lowest BCUT2D eigenvalue weighted by molar-refractivity contribution is -0.161. The van der Waals surface area contributed by atoms with Gasteiger partial charge in [-0.2, -0.15) is 0 Å². The van der Waals surface area contributed by atoms with E-state index in [9.17, 15) is 28.9 Å². The van der Waals surface area contributed by atoms with Crippen LogP contribution < -0.4 is 0 Å². The van der Waals surface area contributed by atoms with Gasteiger partial charge in [0.15, 0.2) is 6.10 Å². The van der Waals surface area contributed by atoms with Crippen molar-refractivity contribution in [3.8, 4) is 0 Å². The zero-order chi connectivity index (χ0) is 52.7. The first-order valence-electron chi connectivity index (χ1n) is 29.5. The Bertz CT molecular complexity index is 1400. The lowest BCUT2D eigenvalue weighted by atomic mass is 10.0. The number of ether oxygens (including phenoxy) is 3. The van der Waals surface area contributed by atoms with E-state index in [2.05, 4.69) is 69.4 Å². The molecule has 3 unspecified atom stereocenters. The summed E-state index contributed by atoms with van der Waals surface area (Å²) in [5.41, 5.74) is 0. The molecule has 0 aromatic carbocycles. The zero-order valence-electron chi connectivity index (χ0n) is 46.4. The second-order valence-corrected chi connectivity index (χ2v) is 21.2. The first kappa shape index (κ1) is 69.4. The average Bonchev–Trinajstić information content (AvgIpc) is 3.37. The molecule has 0 radical (unpaired) electrons. The maximum atomic E-state index is 12.9. The predicted octanol–water partition coefficient (Wildman–Crippen LogP) is 17.4. The Kier molecular flexibility index (Phi) is 52.7. The molecule has 0 saturated carbocycles. The third-order valence-electron chi connectivity index (χ3n) is 12.7. The number of carbonyl (C=O) groups is 3. The van der Waals surface area contributed by atoms with Gasteiger partial charge in [0.25, 0.3) is 0 Å². The SMILES string of the molecule is CC/C=C\C/C=C\C/C=C\CCCCCC(=O)OC(CO)COP(=O)(O)OCC(COC(=O)CCCCCCCCCCCCCCCCCCC)OC(=O)CCCCCCC/C=C\CCCCCCCC.